The molecule has 0 N–H and O–H groups in total. The number of rotatable bonds is 2. The van der Waals surface area contributed by atoms with Crippen LogP contribution in [-0.4, -0.2) is 18.5 Å². The van der Waals surface area contributed by atoms with Crippen molar-refractivity contribution in [2.75, 3.05) is 11.5 Å². The minimum Gasteiger partial charge on any atom is -0.456 e. The van der Waals surface area contributed by atoms with Gasteiger partial charge in [0.1, 0.15) is 6.61 Å². The van der Waals surface area contributed by atoms with Crippen molar-refractivity contribution in [2.45, 2.75) is 19.3 Å². The third-order valence-corrected chi connectivity index (χ3v) is 5.02. The summed E-state index contributed by atoms with van der Waals surface area (Å²) >= 11 is 5.95. The highest BCUT2D eigenvalue weighted by atomic mass is 35.5. The molecule has 25 heavy (non-hydrogen) atoms. The SMILES string of the molecule is Cc1ccccc1[C@@H]1CC(=O)N(c2ccc(Cl)cc2)C2=C1C(=O)OC2. The number of hydrogen-bond acceptors (Lipinski definition) is 3. The molecule has 0 saturated carbocycles. The van der Waals surface area contributed by atoms with Crippen molar-refractivity contribution in [3.63, 3.8) is 0 Å². The Bertz CT molecular complexity index is 901. The lowest BCUT2D eigenvalue weighted by atomic mass is 9.82. The van der Waals surface area contributed by atoms with Crippen LogP contribution < -0.4 is 4.90 Å². The molecule has 0 saturated heterocycles. The van der Waals surface area contributed by atoms with Crippen LogP contribution in [0.2, 0.25) is 5.02 Å². The lowest BCUT2D eigenvalue weighted by Crippen LogP contribution is -2.37. The topological polar surface area (TPSA) is 46.6 Å². The molecule has 1 atom stereocenters. The van der Waals surface area contributed by atoms with Gasteiger partial charge in [-0.05, 0) is 42.3 Å². The molecule has 5 heteroatoms. The van der Waals surface area contributed by atoms with Gasteiger partial charge in [-0.3, -0.25) is 9.69 Å². The van der Waals surface area contributed by atoms with Crippen molar-refractivity contribution in [3.8, 4) is 0 Å². The maximum atomic E-state index is 12.9. The van der Waals surface area contributed by atoms with E-state index >= 15 is 0 Å². The average molecular weight is 354 g/mol. The second-order valence-electron chi connectivity index (χ2n) is 6.26. The zero-order valence-corrected chi connectivity index (χ0v) is 14.4. The van der Waals surface area contributed by atoms with Gasteiger partial charge in [-0.25, -0.2) is 4.79 Å². The van der Waals surface area contributed by atoms with Gasteiger partial charge in [0.15, 0.2) is 0 Å². The summed E-state index contributed by atoms with van der Waals surface area (Å²) in [6, 6.07) is 14.9. The molecule has 2 heterocycles. The molecule has 2 aromatic carbocycles. The lowest BCUT2D eigenvalue weighted by Gasteiger charge is -2.32. The van der Waals surface area contributed by atoms with Gasteiger partial charge < -0.3 is 4.74 Å². The monoisotopic (exact) mass is 353 g/mol. The maximum Gasteiger partial charge on any atom is 0.336 e. The highest BCUT2D eigenvalue weighted by molar-refractivity contribution is 6.30. The highest BCUT2D eigenvalue weighted by Crippen LogP contribution is 2.42. The first-order valence-electron chi connectivity index (χ1n) is 8.10. The average Bonchev–Trinajstić information content (AvgIpc) is 2.98. The van der Waals surface area contributed by atoms with E-state index in [1.807, 2.05) is 31.2 Å². The third kappa shape index (κ3) is 2.63. The Balaban J connectivity index is 1.85. The van der Waals surface area contributed by atoms with Gasteiger partial charge in [0.25, 0.3) is 0 Å². The molecule has 4 rings (SSSR count). The largest absolute Gasteiger partial charge is 0.456 e. The van der Waals surface area contributed by atoms with Gasteiger partial charge in [0.05, 0.1) is 11.3 Å². The number of carbonyl (C=O) groups is 2. The molecular weight excluding hydrogens is 338 g/mol. The van der Waals surface area contributed by atoms with E-state index in [2.05, 4.69) is 0 Å². The summed E-state index contributed by atoms with van der Waals surface area (Å²) in [4.78, 5) is 26.9. The number of cyclic esters (lactones) is 1. The Labute approximate surface area is 150 Å². The van der Waals surface area contributed by atoms with Crippen molar-refractivity contribution < 1.29 is 14.3 Å². The van der Waals surface area contributed by atoms with Crippen molar-refractivity contribution in [1.29, 1.82) is 0 Å². The summed E-state index contributed by atoms with van der Waals surface area (Å²) in [5.74, 6) is -0.649. The van der Waals surface area contributed by atoms with Crippen LogP contribution in [0.5, 0.6) is 0 Å². The van der Waals surface area contributed by atoms with Crippen LogP contribution in [0.15, 0.2) is 59.8 Å². The van der Waals surface area contributed by atoms with Crippen molar-refractivity contribution in [2.24, 2.45) is 0 Å². The molecule has 0 radical (unpaired) electrons. The molecule has 0 bridgehead atoms. The molecule has 0 aliphatic carbocycles. The molecule has 0 fully saturated rings. The Morgan fingerprint density at radius 1 is 1.08 bits per heavy atom. The summed E-state index contributed by atoms with van der Waals surface area (Å²) in [6.45, 7) is 2.11. The molecule has 2 aliphatic heterocycles. The Kier molecular flexibility index (Phi) is 3.85. The number of benzene rings is 2. The van der Waals surface area contributed by atoms with Crippen LogP contribution in [0, 0.1) is 6.92 Å². The number of aryl methyl sites for hydroxylation is 1. The first kappa shape index (κ1) is 15.9. The van der Waals surface area contributed by atoms with Crippen LogP contribution in [0.4, 0.5) is 5.69 Å². The van der Waals surface area contributed by atoms with E-state index in [1.165, 1.54) is 0 Å². The fraction of sp³-hybridized carbons (Fsp3) is 0.200. The standard InChI is InChI=1S/C20H16ClNO3/c1-12-4-2-3-5-15(12)16-10-18(23)22(14-8-6-13(21)7-9-14)17-11-25-20(24)19(16)17/h2-9,16H,10-11H2,1H3/t16-/m0/s1. The number of carbonyl (C=O) groups excluding carboxylic acids is 2. The first-order valence-corrected chi connectivity index (χ1v) is 8.48. The Morgan fingerprint density at radius 3 is 2.52 bits per heavy atom. The van der Waals surface area contributed by atoms with E-state index in [1.54, 1.807) is 29.2 Å². The maximum absolute atomic E-state index is 12.9. The first-order chi connectivity index (χ1) is 12.1. The fourth-order valence-electron chi connectivity index (χ4n) is 3.59. The van der Waals surface area contributed by atoms with Gasteiger partial charge in [-0.1, -0.05) is 35.9 Å². The summed E-state index contributed by atoms with van der Waals surface area (Å²) in [6.07, 6.45) is 0.238. The summed E-state index contributed by atoms with van der Waals surface area (Å²) < 4.78 is 5.28. The van der Waals surface area contributed by atoms with E-state index in [-0.39, 0.29) is 30.8 Å². The van der Waals surface area contributed by atoms with Crippen LogP contribution in [0.3, 0.4) is 0 Å². The predicted octanol–water partition coefficient (Wildman–Crippen LogP) is 3.98. The minimum absolute atomic E-state index is 0.0485. The number of hydrogen-bond donors (Lipinski definition) is 0. The van der Waals surface area contributed by atoms with E-state index in [4.69, 9.17) is 16.3 Å². The summed E-state index contributed by atoms with van der Waals surface area (Å²) in [5.41, 5.74) is 3.98. The molecular formula is C20H16ClNO3. The second kappa shape index (κ2) is 6.05. The van der Waals surface area contributed by atoms with E-state index < -0.39 is 0 Å². The van der Waals surface area contributed by atoms with E-state index in [9.17, 15) is 9.59 Å². The molecule has 2 aliphatic rings. The Morgan fingerprint density at radius 2 is 1.80 bits per heavy atom. The van der Waals surface area contributed by atoms with Crippen LogP contribution in [0.25, 0.3) is 0 Å². The van der Waals surface area contributed by atoms with Gasteiger partial charge in [-0.2, -0.15) is 0 Å². The fourth-order valence-corrected chi connectivity index (χ4v) is 3.71. The number of halogens is 1. The van der Waals surface area contributed by atoms with E-state index in [0.717, 1.165) is 11.1 Å². The van der Waals surface area contributed by atoms with Crippen molar-refractivity contribution in [3.05, 3.63) is 76.0 Å². The molecule has 2 aromatic rings. The van der Waals surface area contributed by atoms with Crippen LogP contribution in [0.1, 0.15) is 23.5 Å². The molecule has 4 nitrogen and oxygen atoms in total. The highest BCUT2D eigenvalue weighted by Gasteiger charge is 2.43. The van der Waals surface area contributed by atoms with E-state index in [0.29, 0.717) is 22.0 Å². The normalized spacial score (nSPS) is 19.9. The second-order valence-corrected chi connectivity index (χ2v) is 6.69. The minimum atomic E-state index is -0.338. The Hall–Kier alpha value is -2.59. The summed E-state index contributed by atoms with van der Waals surface area (Å²) in [7, 11) is 0. The number of esters is 1. The molecule has 0 spiro atoms. The molecule has 126 valence electrons. The number of nitrogens with zero attached hydrogens (tertiary/aromatic N) is 1. The lowest BCUT2D eigenvalue weighted by molar-refractivity contribution is -0.136. The number of amides is 1. The van der Waals surface area contributed by atoms with Crippen LogP contribution >= 0.6 is 11.6 Å². The molecule has 0 aromatic heterocycles. The van der Waals surface area contributed by atoms with Gasteiger partial charge >= 0.3 is 5.97 Å². The number of anilines is 1. The quantitative estimate of drug-likeness (QED) is 0.767. The van der Waals surface area contributed by atoms with Gasteiger partial charge in [0.2, 0.25) is 5.91 Å². The summed E-state index contributed by atoms with van der Waals surface area (Å²) in [5, 5.41) is 0.596. The van der Waals surface area contributed by atoms with Crippen molar-refractivity contribution >= 4 is 29.2 Å². The molecule has 1 amide bonds. The predicted molar refractivity (Wildman–Crippen MR) is 95.5 cm³/mol. The van der Waals surface area contributed by atoms with Crippen LogP contribution in [-0.2, 0) is 14.3 Å². The zero-order valence-electron chi connectivity index (χ0n) is 13.7. The van der Waals surface area contributed by atoms with Gasteiger partial charge in [-0.15, -0.1) is 0 Å². The smallest absolute Gasteiger partial charge is 0.336 e. The zero-order chi connectivity index (χ0) is 17.6. The molecule has 0 unspecified atom stereocenters. The van der Waals surface area contributed by atoms with Crippen molar-refractivity contribution in [1.82, 2.24) is 0 Å². The third-order valence-electron chi connectivity index (χ3n) is 4.77. The number of ether oxygens (including phenoxy) is 1. The van der Waals surface area contributed by atoms with Gasteiger partial charge in [0, 0.05) is 23.0 Å².